The molecule has 0 aliphatic rings. The van der Waals surface area contributed by atoms with E-state index < -0.39 is 32.5 Å². The van der Waals surface area contributed by atoms with E-state index in [2.05, 4.69) is 50.3 Å². The van der Waals surface area contributed by atoms with Crippen LogP contribution in [0, 0.1) is 0 Å². The second kappa shape index (κ2) is 35.0. The first-order chi connectivity index (χ1) is 25.0. The monoisotopic (exact) mass is 756 g/mol. The number of likely N-dealkylation sites (N-methyl/N-ethyl adjacent to an activating group) is 1. The fourth-order valence-electron chi connectivity index (χ4n) is 5.31. The molecule has 0 heterocycles. The number of hydrogen-bond acceptors (Lipinski definition) is 8. The van der Waals surface area contributed by atoms with Crippen LogP contribution in [0.3, 0.4) is 0 Å². The Morgan fingerprint density at radius 3 is 1.60 bits per heavy atom. The first-order valence-electron chi connectivity index (χ1n) is 20.7. The zero-order valence-electron chi connectivity index (χ0n) is 34.0. The summed E-state index contributed by atoms with van der Waals surface area (Å²) >= 11 is 0. The van der Waals surface area contributed by atoms with Crippen LogP contribution in [0.25, 0.3) is 0 Å². The van der Waals surface area contributed by atoms with Gasteiger partial charge in [0.05, 0.1) is 27.7 Å². The molecule has 2 atom stereocenters. The molecule has 0 amide bonds. The second-order valence-electron chi connectivity index (χ2n) is 15.0. The molecule has 0 aliphatic carbocycles. The zero-order valence-corrected chi connectivity index (χ0v) is 34.9. The van der Waals surface area contributed by atoms with Gasteiger partial charge in [-0.25, -0.2) is 0 Å². The summed E-state index contributed by atoms with van der Waals surface area (Å²) in [5.74, 6) is -0.862. The van der Waals surface area contributed by atoms with Crippen LogP contribution in [-0.2, 0) is 32.7 Å². The number of phosphoric ester groups is 1. The number of esters is 2. The molecule has 9 nitrogen and oxygen atoms in total. The predicted octanol–water partition coefficient (Wildman–Crippen LogP) is 10.7. The third kappa shape index (κ3) is 38.0. The summed E-state index contributed by atoms with van der Waals surface area (Å²) in [5.41, 5.74) is 0. The van der Waals surface area contributed by atoms with Crippen molar-refractivity contribution in [1.29, 1.82) is 0 Å². The lowest BCUT2D eigenvalue weighted by molar-refractivity contribution is -0.870. The number of carbonyl (C=O) groups excluding carboxylic acids is 2. The number of hydrogen-bond donors (Lipinski definition) is 0. The van der Waals surface area contributed by atoms with Crippen molar-refractivity contribution in [1.82, 2.24) is 0 Å². The molecule has 304 valence electrons. The smallest absolute Gasteiger partial charge is 0.306 e. The Morgan fingerprint density at radius 1 is 0.596 bits per heavy atom. The van der Waals surface area contributed by atoms with Crippen LogP contribution >= 0.6 is 7.82 Å². The SMILES string of the molecule is CCCC/C=C\C/C=C\CCCCCCCC(=O)OC[C@H](COP(=O)([O-])OCC[N+](C)(C)C)OC(=O)CCCCCCC/C=C\CCCCCCC. The minimum absolute atomic E-state index is 0.0351. The number of phosphoric acid groups is 1. The maximum atomic E-state index is 12.6. The number of quaternary nitrogens is 1. The molecule has 0 aliphatic heterocycles. The number of ether oxygens (including phenoxy) is 2. The van der Waals surface area contributed by atoms with Crippen molar-refractivity contribution >= 4 is 19.8 Å². The Morgan fingerprint density at radius 2 is 1.06 bits per heavy atom. The van der Waals surface area contributed by atoms with Gasteiger partial charge in [0.25, 0.3) is 7.82 Å². The van der Waals surface area contributed by atoms with E-state index in [0.29, 0.717) is 23.9 Å². The maximum absolute atomic E-state index is 12.6. The molecular formula is C42H78NO8P. The van der Waals surface area contributed by atoms with E-state index in [-0.39, 0.29) is 26.1 Å². The van der Waals surface area contributed by atoms with Crippen molar-refractivity contribution in [2.45, 2.75) is 174 Å². The first kappa shape index (κ1) is 50.2. The van der Waals surface area contributed by atoms with Crippen LogP contribution in [0.15, 0.2) is 36.5 Å². The van der Waals surface area contributed by atoms with Gasteiger partial charge in [-0.05, 0) is 64.2 Å². The van der Waals surface area contributed by atoms with Crippen LogP contribution in [0.5, 0.6) is 0 Å². The van der Waals surface area contributed by atoms with Crippen LogP contribution < -0.4 is 4.89 Å². The summed E-state index contributed by atoms with van der Waals surface area (Å²) in [4.78, 5) is 37.4. The van der Waals surface area contributed by atoms with Gasteiger partial charge in [0, 0.05) is 12.8 Å². The summed E-state index contributed by atoms with van der Waals surface area (Å²) in [6, 6.07) is 0. The number of allylic oxidation sites excluding steroid dienone is 6. The third-order valence-electron chi connectivity index (χ3n) is 8.63. The minimum Gasteiger partial charge on any atom is -0.756 e. The Labute approximate surface area is 319 Å². The molecule has 1 unspecified atom stereocenters. The third-order valence-corrected chi connectivity index (χ3v) is 9.60. The van der Waals surface area contributed by atoms with Crippen LogP contribution in [0.2, 0.25) is 0 Å². The van der Waals surface area contributed by atoms with E-state index in [1.54, 1.807) is 0 Å². The lowest BCUT2D eigenvalue weighted by Gasteiger charge is -2.28. The van der Waals surface area contributed by atoms with Gasteiger partial charge in [0.2, 0.25) is 0 Å². The van der Waals surface area contributed by atoms with Gasteiger partial charge >= 0.3 is 11.9 Å². The van der Waals surface area contributed by atoms with Crippen molar-refractivity contribution in [3.63, 3.8) is 0 Å². The summed E-state index contributed by atoms with van der Waals surface area (Å²) < 4.78 is 33.8. The van der Waals surface area contributed by atoms with E-state index in [1.165, 1.54) is 51.4 Å². The van der Waals surface area contributed by atoms with Gasteiger partial charge in [-0.1, -0.05) is 127 Å². The molecule has 0 spiro atoms. The molecule has 0 saturated carbocycles. The minimum atomic E-state index is -4.62. The molecule has 0 aromatic heterocycles. The Kier molecular flexibility index (Phi) is 33.8. The molecule has 0 aromatic rings. The molecule has 0 saturated heterocycles. The van der Waals surface area contributed by atoms with Crippen LogP contribution in [-0.4, -0.2) is 70.0 Å². The van der Waals surface area contributed by atoms with E-state index in [0.717, 1.165) is 77.0 Å². The Balaban J connectivity index is 4.44. The first-order valence-corrected chi connectivity index (χ1v) is 22.2. The number of nitrogens with zero attached hydrogens (tertiary/aromatic N) is 1. The van der Waals surface area contributed by atoms with Gasteiger partial charge in [-0.15, -0.1) is 0 Å². The maximum Gasteiger partial charge on any atom is 0.306 e. The van der Waals surface area contributed by atoms with Crippen molar-refractivity contribution in [3.05, 3.63) is 36.5 Å². The number of carbonyl (C=O) groups is 2. The van der Waals surface area contributed by atoms with Gasteiger partial charge in [-0.2, -0.15) is 0 Å². The van der Waals surface area contributed by atoms with Gasteiger partial charge in [0.1, 0.15) is 19.8 Å². The zero-order chi connectivity index (χ0) is 38.6. The van der Waals surface area contributed by atoms with Crippen molar-refractivity contribution in [3.8, 4) is 0 Å². The molecular weight excluding hydrogens is 677 g/mol. The fourth-order valence-corrected chi connectivity index (χ4v) is 6.04. The molecule has 0 rings (SSSR count). The lowest BCUT2D eigenvalue weighted by Crippen LogP contribution is -2.37. The highest BCUT2D eigenvalue weighted by molar-refractivity contribution is 7.45. The van der Waals surface area contributed by atoms with E-state index in [4.69, 9.17) is 18.5 Å². The van der Waals surface area contributed by atoms with Gasteiger partial charge < -0.3 is 27.9 Å². The van der Waals surface area contributed by atoms with Crippen molar-refractivity contribution in [2.75, 3.05) is 47.5 Å². The highest BCUT2D eigenvalue weighted by atomic mass is 31.2. The molecule has 0 aromatic carbocycles. The van der Waals surface area contributed by atoms with Crippen molar-refractivity contribution < 1.29 is 42.1 Å². The van der Waals surface area contributed by atoms with Gasteiger partial charge in [-0.3, -0.25) is 14.2 Å². The van der Waals surface area contributed by atoms with Crippen LogP contribution in [0.4, 0.5) is 0 Å². The average molecular weight is 756 g/mol. The van der Waals surface area contributed by atoms with Crippen molar-refractivity contribution in [2.24, 2.45) is 0 Å². The molecule has 0 bridgehead atoms. The van der Waals surface area contributed by atoms with E-state index in [1.807, 2.05) is 21.1 Å². The number of unbranched alkanes of at least 4 members (excludes halogenated alkanes) is 17. The number of rotatable bonds is 37. The molecule has 10 heteroatoms. The molecule has 0 radical (unpaired) electrons. The second-order valence-corrected chi connectivity index (χ2v) is 16.4. The highest BCUT2D eigenvalue weighted by Gasteiger charge is 2.21. The topological polar surface area (TPSA) is 111 Å². The quantitative estimate of drug-likeness (QED) is 0.0203. The van der Waals surface area contributed by atoms with E-state index in [9.17, 15) is 19.0 Å². The molecule has 0 N–H and O–H groups in total. The van der Waals surface area contributed by atoms with Gasteiger partial charge in [0.15, 0.2) is 6.10 Å². The lowest BCUT2D eigenvalue weighted by atomic mass is 10.1. The molecule has 52 heavy (non-hydrogen) atoms. The standard InChI is InChI=1S/C42H78NO8P/c1-6-8-10-12-14-16-18-20-22-24-26-28-30-32-34-41(44)48-38-40(39-50-52(46,47)49-37-36-43(3,4)5)51-42(45)35-33-31-29-27-25-23-21-19-17-15-13-11-9-7-2/h12,14,18-21,40H,6-11,13,15-17,22-39H2,1-5H3/b14-12-,20-18-,21-19-/t40-/m1/s1. The predicted molar refractivity (Wildman–Crippen MR) is 213 cm³/mol. The summed E-state index contributed by atoms with van der Waals surface area (Å²) in [7, 11) is 1.15. The largest absolute Gasteiger partial charge is 0.756 e. The normalized spacial score (nSPS) is 14.0. The average Bonchev–Trinajstić information content (AvgIpc) is 3.09. The highest BCUT2D eigenvalue weighted by Crippen LogP contribution is 2.38. The summed E-state index contributed by atoms with van der Waals surface area (Å²) in [6.07, 6.45) is 37.3. The Bertz CT molecular complexity index is 991. The summed E-state index contributed by atoms with van der Waals surface area (Å²) in [5, 5.41) is 0. The van der Waals surface area contributed by atoms with Crippen LogP contribution in [0.1, 0.15) is 168 Å². The van der Waals surface area contributed by atoms with E-state index >= 15 is 0 Å². The fraction of sp³-hybridized carbons (Fsp3) is 0.810. The summed E-state index contributed by atoms with van der Waals surface area (Å²) in [6.45, 7) is 4.14. The molecule has 0 fully saturated rings. The Hall–Kier alpha value is -1.77.